The Morgan fingerprint density at radius 2 is 2.04 bits per heavy atom. The molecule has 0 spiro atoms. The molecule has 0 saturated heterocycles. The summed E-state index contributed by atoms with van der Waals surface area (Å²) in [6.45, 7) is 2.06. The van der Waals surface area contributed by atoms with E-state index in [1.807, 2.05) is 25.1 Å². The standard InChI is InChI=1S/C19H15N3O5S/c1-2-25-12-4-6-14-16(8-12)28-19(21-14)22-17(23)9-26-18(24)11-3-5-13-15(7-11)27-10-20-13/h3-8,10H,2,9H2,1H3,(H,21,22,23). The zero-order valence-corrected chi connectivity index (χ0v) is 15.6. The molecule has 2 aromatic carbocycles. The Balaban J connectivity index is 1.37. The molecular weight excluding hydrogens is 382 g/mol. The number of thiazole rings is 1. The molecule has 0 aliphatic heterocycles. The predicted molar refractivity (Wildman–Crippen MR) is 104 cm³/mol. The van der Waals surface area contributed by atoms with Crippen molar-refractivity contribution in [3.63, 3.8) is 0 Å². The van der Waals surface area contributed by atoms with Crippen molar-refractivity contribution >= 4 is 49.7 Å². The van der Waals surface area contributed by atoms with Gasteiger partial charge in [0.15, 0.2) is 23.7 Å². The van der Waals surface area contributed by atoms with Crippen molar-refractivity contribution in [2.45, 2.75) is 6.92 Å². The van der Waals surface area contributed by atoms with Gasteiger partial charge >= 0.3 is 5.97 Å². The van der Waals surface area contributed by atoms with Crippen LogP contribution in [0.25, 0.3) is 21.3 Å². The van der Waals surface area contributed by atoms with E-state index in [0.29, 0.717) is 22.8 Å². The van der Waals surface area contributed by atoms with Gasteiger partial charge in [0, 0.05) is 0 Å². The summed E-state index contributed by atoms with van der Waals surface area (Å²) in [7, 11) is 0. The van der Waals surface area contributed by atoms with E-state index in [-0.39, 0.29) is 5.56 Å². The van der Waals surface area contributed by atoms with E-state index in [0.717, 1.165) is 16.0 Å². The highest BCUT2D eigenvalue weighted by molar-refractivity contribution is 7.22. The zero-order valence-electron chi connectivity index (χ0n) is 14.8. The minimum atomic E-state index is -0.626. The number of hydrogen-bond acceptors (Lipinski definition) is 8. The average Bonchev–Trinajstić information content (AvgIpc) is 3.31. The number of fused-ring (bicyclic) bond motifs is 2. The molecule has 0 radical (unpaired) electrons. The van der Waals surface area contributed by atoms with E-state index in [4.69, 9.17) is 13.9 Å². The van der Waals surface area contributed by atoms with Gasteiger partial charge in [0.1, 0.15) is 11.3 Å². The summed E-state index contributed by atoms with van der Waals surface area (Å²) in [5.41, 5.74) is 2.14. The molecule has 28 heavy (non-hydrogen) atoms. The molecule has 0 atom stereocenters. The third-order valence-corrected chi connectivity index (χ3v) is 4.75. The maximum absolute atomic E-state index is 12.1. The van der Waals surface area contributed by atoms with Crippen LogP contribution >= 0.6 is 11.3 Å². The monoisotopic (exact) mass is 397 g/mol. The molecule has 2 heterocycles. The zero-order chi connectivity index (χ0) is 19.5. The van der Waals surface area contributed by atoms with Gasteiger partial charge in [-0.25, -0.2) is 14.8 Å². The summed E-state index contributed by atoms with van der Waals surface area (Å²) in [5.74, 6) is -0.355. The minimum Gasteiger partial charge on any atom is -0.494 e. The number of benzene rings is 2. The fraction of sp³-hybridized carbons (Fsp3) is 0.158. The van der Waals surface area contributed by atoms with E-state index in [2.05, 4.69) is 15.3 Å². The lowest BCUT2D eigenvalue weighted by Crippen LogP contribution is -2.20. The Labute approximate surface area is 163 Å². The van der Waals surface area contributed by atoms with E-state index in [1.54, 1.807) is 12.1 Å². The summed E-state index contributed by atoms with van der Waals surface area (Å²) >= 11 is 1.32. The second kappa shape index (κ2) is 7.65. The molecule has 142 valence electrons. The van der Waals surface area contributed by atoms with E-state index in [1.165, 1.54) is 23.8 Å². The van der Waals surface area contributed by atoms with E-state index < -0.39 is 18.5 Å². The number of aromatic nitrogens is 2. The maximum Gasteiger partial charge on any atom is 0.338 e. The summed E-state index contributed by atoms with van der Waals surface area (Å²) in [4.78, 5) is 32.5. The number of hydrogen-bond donors (Lipinski definition) is 1. The summed E-state index contributed by atoms with van der Waals surface area (Å²) in [6.07, 6.45) is 1.29. The van der Waals surface area contributed by atoms with Crippen LogP contribution in [0.4, 0.5) is 5.13 Å². The van der Waals surface area contributed by atoms with Crippen molar-refractivity contribution in [3.8, 4) is 5.75 Å². The van der Waals surface area contributed by atoms with Gasteiger partial charge in [-0.1, -0.05) is 11.3 Å². The highest BCUT2D eigenvalue weighted by Gasteiger charge is 2.14. The third-order valence-electron chi connectivity index (χ3n) is 3.82. The number of esters is 1. The number of nitrogens with zero attached hydrogens (tertiary/aromatic N) is 2. The number of carbonyl (C=O) groups is 2. The fourth-order valence-electron chi connectivity index (χ4n) is 2.57. The molecule has 0 aliphatic rings. The van der Waals surface area contributed by atoms with Crippen LogP contribution in [0.3, 0.4) is 0 Å². The molecule has 8 nitrogen and oxygen atoms in total. The minimum absolute atomic E-state index is 0.278. The smallest absolute Gasteiger partial charge is 0.338 e. The first kappa shape index (κ1) is 17.9. The van der Waals surface area contributed by atoms with Gasteiger partial charge in [-0.05, 0) is 43.3 Å². The van der Waals surface area contributed by atoms with Crippen molar-refractivity contribution in [1.29, 1.82) is 0 Å². The molecule has 1 N–H and O–H groups in total. The van der Waals surface area contributed by atoms with Crippen LogP contribution < -0.4 is 10.1 Å². The lowest BCUT2D eigenvalue weighted by molar-refractivity contribution is -0.119. The quantitative estimate of drug-likeness (QED) is 0.496. The maximum atomic E-state index is 12.1. The fourth-order valence-corrected chi connectivity index (χ4v) is 3.48. The Kier molecular flexibility index (Phi) is 4.90. The molecule has 2 aromatic heterocycles. The number of ether oxygens (including phenoxy) is 2. The summed E-state index contributed by atoms with van der Waals surface area (Å²) in [5, 5.41) is 3.06. The molecule has 0 saturated carbocycles. The average molecular weight is 397 g/mol. The number of amides is 1. The molecule has 0 unspecified atom stereocenters. The molecule has 0 bridgehead atoms. The summed E-state index contributed by atoms with van der Waals surface area (Å²) < 4.78 is 16.6. The number of nitrogens with one attached hydrogen (secondary N) is 1. The van der Waals surface area contributed by atoms with Crippen LogP contribution in [0, 0.1) is 0 Å². The highest BCUT2D eigenvalue weighted by atomic mass is 32.1. The van der Waals surface area contributed by atoms with E-state index in [9.17, 15) is 9.59 Å². The van der Waals surface area contributed by atoms with Crippen LogP contribution in [-0.2, 0) is 9.53 Å². The predicted octanol–water partition coefficient (Wildman–Crippen LogP) is 3.63. The topological polar surface area (TPSA) is 104 Å². The first-order chi connectivity index (χ1) is 13.6. The van der Waals surface area contributed by atoms with Gasteiger partial charge in [0.25, 0.3) is 5.91 Å². The van der Waals surface area contributed by atoms with Crippen molar-refractivity contribution in [2.24, 2.45) is 0 Å². The number of carbonyl (C=O) groups excluding carboxylic acids is 2. The van der Waals surface area contributed by atoms with Crippen LogP contribution in [-0.4, -0.2) is 35.1 Å². The molecule has 4 rings (SSSR count). The molecule has 9 heteroatoms. The van der Waals surface area contributed by atoms with Crippen molar-refractivity contribution in [1.82, 2.24) is 9.97 Å². The SMILES string of the molecule is CCOc1ccc2nc(NC(=O)COC(=O)c3ccc4ncoc4c3)sc2c1. The van der Waals surface area contributed by atoms with Gasteiger partial charge in [-0.3, -0.25) is 10.1 Å². The Hall–Kier alpha value is -3.46. The van der Waals surface area contributed by atoms with Gasteiger partial charge < -0.3 is 13.9 Å². The molecular formula is C19H15N3O5S. The van der Waals surface area contributed by atoms with Gasteiger partial charge in [-0.15, -0.1) is 0 Å². The molecule has 1 amide bonds. The second-order valence-corrected chi connectivity index (χ2v) is 6.77. The lowest BCUT2D eigenvalue weighted by atomic mass is 10.2. The third kappa shape index (κ3) is 3.79. The lowest BCUT2D eigenvalue weighted by Gasteiger charge is -2.04. The second-order valence-electron chi connectivity index (χ2n) is 5.74. The molecule has 0 aliphatic carbocycles. The first-order valence-electron chi connectivity index (χ1n) is 8.46. The number of anilines is 1. The number of oxazole rings is 1. The highest BCUT2D eigenvalue weighted by Crippen LogP contribution is 2.29. The molecule has 0 fully saturated rings. The van der Waals surface area contributed by atoms with Crippen LogP contribution in [0.15, 0.2) is 47.2 Å². The Bertz CT molecular complexity index is 1170. The van der Waals surface area contributed by atoms with Crippen molar-refractivity contribution < 1.29 is 23.5 Å². The Morgan fingerprint density at radius 1 is 1.18 bits per heavy atom. The van der Waals surface area contributed by atoms with Crippen LogP contribution in [0.1, 0.15) is 17.3 Å². The van der Waals surface area contributed by atoms with E-state index >= 15 is 0 Å². The Morgan fingerprint density at radius 3 is 2.89 bits per heavy atom. The van der Waals surface area contributed by atoms with Gasteiger partial charge in [0.05, 0.1) is 22.4 Å². The largest absolute Gasteiger partial charge is 0.494 e. The number of rotatable bonds is 6. The molecule has 4 aromatic rings. The van der Waals surface area contributed by atoms with Gasteiger partial charge in [0.2, 0.25) is 0 Å². The van der Waals surface area contributed by atoms with Crippen molar-refractivity contribution in [2.75, 3.05) is 18.5 Å². The van der Waals surface area contributed by atoms with Crippen molar-refractivity contribution in [3.05, 3.63) is 48.4 Å². The summed E-state index contributed by atoms with van der Waals surface area (Å²) in [6, 6.07) is 10.2. The first-order valence-corrected chi connectivity index (χ1v) is 9.27. The van der Waals surface area contributed by atoms with Crippen LogP contribution in [0.5, 0.6) is 5.75 Å². The van der Waals surface area contributed by atoms with Crippen LogP contribution in [0.2, 0.25) is 0 Å². The normalized spacial score (nSPS) is 10.9. The van der Waals surface area contributed by atoms with Gasteiger partial charge in [-0.2, -0.15) is 0 Å².